The molecule has 2 saturated heterocycles. The molecular weight excluding hydrogens is 230 g/mol. The zero-order valence-electron chi connectivity index (χ0n) is 10.6. The maximum atomic E-state index is 4.53. The Morgan fingerprint density at radius 1 is 1.53 bits per heavy atom. The molecule has 2 fully saturated rings. The van der Waals surface area contributed by atoms with E-state index in [2.05, 4.69) is 34.6 Å². The topological polar surface area (TPSA) is 28.2 Å². The Morgan fingerprint density at radius 2 is 2.41 bits per heavy atom. The number of hydrogen-bond donors (Lipinski definition) is 1. The van der Waals surface area contributed by atoms with Gasteiger partial charge in [0, 0.05) is 30.6 Å². The second-order valence-corrected chi connectivity index (χ2v) is 6.66. The number of aryl methyl sites for hydroxylation is 1. The normalized spacial score (nSPS) is 31.6. The first-order chi connectivity index (χ1) is 8.20. The van der Waals surface area contributed by atoms with Crippen molar-refractivity contribution in [2.24, 2.45) is 5.92 Å². The van der Waals surface area contributed by atoms with Crippen molar-refractivity contribution in [1.29, 1.82) is 0 Å². The van der Waals surface area contributed by atoms with E-state index in [1.807, 2.05) is 0 Å². The lowest BCUT2D eigenvalue weighted by molar-refractivity contribution is 0.241. The van der Waals surface area contributed by atoms with Gasteiger partial charge in [0.2, 0.25) is 0 Å². The van der Waals surface area contributed by atoms with Crippen molar-refractivity contribution in [3.05, 3.63) is 16.1 Å². The van der Waals surface area contributed by atoms with Gasteiger partial charge in [-0.2, -0.15) is 0 Å². The molecule has 3 atom stereocenters. The molecule has 3 unspecified atom stereocenters. The summed E-state index contributed by atoms with van der Waals surface area (Å²) in [5.41, 5.74) is 1.23. The number of hydrogen-bond acceptors (Lipinski definition) is 4. The Labute approximate surface area is 107 Å². The lowest BCUT2D eigenvalue weighted by atomic mass is 9.89. The Bertz CT molecular complexity index is 390. The van der Waals surface area contributed by atoms with E-state index in [1.165, 1.54) is 36.5 Å². The van der Waals surface area contributed by atoms with Crippen LogP contribution in [0, 0.1) is 12.8 Å². The highest BCUT2D eigenvalue weighted by molar-refractivity contribution is 7.09. The van der Waals surface area contributed by atoms with Crippen molar-refractivity contribution < 1.29 is 0 Å². The van der Waals surface area contributed by atoms with Crippen LogP contribution in [0.2, 0.25) is 0 Å². The number of aromatic nitrogens is 1. The third kappa shape index (κ3) is 2.54. The molecule has 3 rings (SSSR count). The maximum Gasteiger partial charge on any atom is 0.0897 e. The summed E-state index contributed by atoms with van der Waals surface area (Å²) in [6, 6.07) is 1.61. The average molecular weight is 251 g/mol. The molecule has 0 aliphatic carbocycles. The standard InChI is InChI=1S/C13H21N3S/c1-9-14-12(8-17-9)7-16(2)6-10-5-11-3-4-13(10)15-11/h8,10-11,13,15H,3-7H2,1-2H3. The van der Waals surface area contributed by atoms with E-state index in [0.717, 1.165) is 24.5 Å². The van der Waals surface area contributed by atoms with Gasteiger partial charge in [0.15, 0.2) is 0 Å². The molecule has 1 aromatic rings. The highest BCUT2D eigenvalue weighted by atomic mass is 32.1. The fourth-order valence-corrected chi connectivity index (χ4v) is 3.97. The molecule has 2 bridgehead atoms. The van der Waals surface area contributed by atoms with Gasteiger partial charge < -0.3 is 10.2 Å². The van der Waals surface area contributed by atoms with Crippen LogP contribution >= 0.6 is 11.3 Å². The second kappa shape index (κ2) is 4.67. The molecule has 0 saturated carbocycles. The summed E-state index contributed by atoms with van der Waals surface area (Å²) < 4.78 is 0. The van der Waals surface area contributed by atoms with E-state index >= 15 is 0 Å². The predicted octanol–water partition coefficient (Wildman–Crippen LogP) is 2.02. The van der Waals surface area contributed by atoms with Crippen LogP contribution in [0.4, 0.5) is 0 Å². The van der Waals surface area contributed by atoms with Crippen LogP contribution in [-0.2, 0) is 6.54 Å². The van der Waals surface area contributed by atoms with Crippen LogP contribution in [0.15, 0.2) is 5.38 Å². The predicted molar refractivity (Wildman–Crippen MR) is 71.2 cm³/mol. The molecule has 0 amide bonds. The maximum absolute atomic E-state index is 4.53. The summed E-state index contributed by atoms with van der Waals surface area (Å²) in [6.45, 7) is 4.29. The molecule has 0 spiro atoms. The first-order valence-corrected chi connectivity index (χ1v) is 7.44. The summed E-state index contributed by atoms with van der Waals surface area (Å²) in [7, 11) is 2.22. The van der Waals surface area contributed by atoms with Crippen LogP contribution in [-0.4, -0.2) is 35.6 Å². The number of nitrogens with one attached hydrogen (secondary N) is 1. The molecule has 2 aliphatic rings. The van der Waals surface area contributed by atoms with Gasteiger partial charge in [-0.1, -0.05) is 0 Å². The van der Waals surface area contributed by atoms with Crippen molar-refractivity contribution in [3.63, 3.8) is 0 Å². The Kier molecular flexibility index (Phi) is 3.19. The zero-order chi connectivity index (χ0) is 11.8. The second-order valence-electron chi connectivity index (χ2n) is 5.60. The van der Waals surface area contributed by atoms with Crippen LogP contribution in [0.1, 0.15) is 30.0 Å². The summed E-state index contributed by atoms with van der Waals surface area (Å²) >= 11 is 1.75. The van der Waals surface area contributed by atoms with E-state index < -0.39 is 0 Å². The van der Waals surface area contributed by atoms with Crippen molar-refractivity contribution in [1.82, 2.24) is 15.2 Å². The lowest BCUT2D eigenvalue weighted by Crippen LogP contribution is -2.32. The van der Waals surface area contributed by atoms with Gasteiger partial charge in [-0.15, -0.1) is 11.3 Å². The van der Waals surface area contributed by atoms with Gasteiger partial charge in [0.25, 0.3) is 0 Å². The van der Waals surface area contributed by atoms with E-state index in [0.29, 0.717) is 0 Å². The average Bonchev–Trinajstić information content (AvgIpc) is 2.95. The fraction of sp³-hybridized carbons (Fsp3) is 0.769. The van der Waals surface area contributed by atoms with Crippen molar-refractivity contribution >= 4 is 11.3 Å². The Hall–Kier alpha value is -0.450. The third-order valence-electron chi connectivity index (χ3n) is 4.08. The van der Waals surface area contributed by atoms with Crippen molar-refractivity contribution in [3.8, 4) is 0 Å². The van der Waals surface area contributed by atoms with E-state index in [-0.39, 0.29) is 0 Å². The van der Waals surface area contributed by atoms with Crippen LogP contribution in [0.3, 0.4) is 0 Å². The van der Waals surface area contributed by atoms with E-state index in [9.17, 15) is 0 Å². The summed E-state index contributed by atoms with van der Waals surface area (Å²) in [6.07, 6.45) is 4.17. The van der Waals surface area contributed by atoms with E-state index in [4.69, 9.17) is 0 Å². The molecule has 4 heteroatoms. The molecule has 3 nitrogen and oxygen atoms in total. The molecule has 2 aliphatic heterocycles. The SMILES string of the molecule is Cc1nc(CN(C)CC2CC3CCC2N3)cs1. The van der Waals surface area contributed by atoms with Crippen LogP contribution in [0.25, 0.3) is 0 Å². The van der Waals surface area contributed by atoms with Gasteiger partial charge in [0.1, 0.15) is 0 Å². The summed E-state index contributed by atoms with van der Waals surface area (Å²) in [4.78, 5) is 6.97. The Balaban J connectivity index is 1.52. The quantitative estimate of drug-likeness (QED) is 0.887. The number of nitrogens with zero attached hydrogens (tertiary/aromatic N) is 2. The monoisotopic (exact) mass is 251 g/mol. The molecular formula is C13H21N3S. The smallest absolute Gasteiger partial charge is 0.0897 e. The molecule has 94 valence electrons. The van der Waals surface area contributed by atoms with Crippen LogP contribution < -0.4 is 5.32 Å². The molecule has 1 aromatic heterocycles. The summed E-state index contributed by atoms with van der Waals surface area (Å²) in [5.74, 6) is 0.860. The van der Waals surface area contributed by atoms with Gasteiger partial charge in [-0.3, -0.25) is 0 Å². The summed E-state index contributed by atoms with van der Waals surface area (Å²) in [5, 5.41) is 7.07. The number of thiazole rings is 1. The van der Waals surface area contributed by atoms with Gasteiger partial charge >= 0.3 is 0 Å². The molecule has 0 aromatic carbocycles. The third-order valence-corrected chi connectivity index (χ3v) is 4.90. The van der Waals surface area contributed by atoms with Crippen LogP contribution in [0.5, 0.6) is 0 Å². The zero-order valence-corrected chi connectivity index (χ0v) is 11.5. The van der Waals surface area contributed by atoms with Gasteiger partial charge in [0.05, 0.1) is 10.7 Å². The number of fused-ring (bicyclic) bond motifs is 2. The van der Waals surface area contributed by atoms with Gasteiger partial charge in [-0.05, 0) is 39.2 Å². The fourth-order valence-electron chi connectivity index (χ4n) is 3.36. The van der Waals surface area contributed by atoms with E-state index in [1.54, 1.807) is 11.3 Å². The van der Waals surface area contributed by atoms with Gasteiger partial charge in [-0.25, -0.2) is 4.98 Å². The first kappa shape index (κ1) is 11.6. The largest absolute Gasteiger partial charge is 0.311 e. The highest BCUT2D eigenvalue weighted by Gasteiger charge is 2.39. The molecule has 17 heavy (non-hydrogen) atoms. The number of rotatable bonds is 4. The Morgan fingerprint density at radius 3 is 3.00 bits per heavy atom. The van der Waals surface area contributed by atoms with Crippen molar-refractivity contribution in [2.75, 3.05) is 13.6 Å². The molecule has 0 radical (unpaired) electrons. The molecule has 3 heterocycles. The lowest BCUT2D eigenvalue weighted by Gasteiger charge is -2.25. The van der Waals surface area contributed by atoms with Crippen molar-refractivity contribution in [2.45, 2.75) is 44.8 Å². The first-order valence-electron chi connectivity index (χ1n) is 6.56. The minimum Gasteiger partial charge on any atom is -0.311 e. The minimum absolute atomic E-state index is 0.791. The minimum atomic E-state index is 0.791. The molecule has 1 N–H and O–H groups in total. The highest BCUT2D eigenvalue weighted by Crippen LogP contribution is 2.33.